The summed E-state index contributed by atoms with van der Waals surface area (Å²) < 4.78 is 0. The Labute approximate surface area is 107 Å². The fourth-order valence-corrected chi connectivity index (χ4v) is 3.68. The molecule has 0 aromatic rings. The molecule has 0 radical (unpaired) electrons. The topological polar surface area (TPSA) is 15.3 Å². The lowest BCUT2D eigenvalue weighted by molar-refractivity contribution is 0.102. The number of nitrogens with one attached hydrogen (secondary N) is 1. The van der Waals surface area contributed by atoms with Gasteiger partial charge in [-0.1, -0.05) is 19.8 Å². The Balaban J connectivity index is 1.68. The van der Waals surface area contributed by atoms with Crippen LogP contribution in [0.3, 0.4) is 0 Å². The standard InChI is InChI=1S/C15H30N2/c1-3-10-16-14(2)13-17-11-8-15(9-12-17)6-4-5-7-15/h14,16H,3-13H2,1-2H3. The van der Waals surface area contributed by atoms with Gasteiger partial charge in [0.15, 0.2) is 0 Å². The molecule has 1 aliphatic carbocycles. The number of nitrogens with zero attached hydrogens (tertiary/aromatic N) is 1. The second-order valence-electron chi connectivity index (χ2n) is 6.36. The molecule has 2 aliphatic rings. The number of piperidine rings is 1. The summed E-state index contributed by atoms with van der Waals surface area (Å²) in [6.45, 7) is 9.67. The Bertz CT molecular complexity index is 211. The predicted octanol–water partition coefficient (Wildman–Crippen LogP) is 3.03. The number of hydrogen-bond acceptors (Lipinski definition) is 2. The van der Waals surface area contributed by atoms with Crippen LogP contribution in [-0.4, -0.2) is 37.1 Å². The van der Waals surface area contributed by atoms with Gasteiger partial charge in [0.1, 0.15) is 0 Å². The Morgan fingerprint density at radius 1 is 1.12 bits per heavy atom. The van der Waals surface area contributed by atoms with Gasteiger partial charge in [0, 0.05) is 12.6 Å². The zero-order valence-electron chi connectivity index (χ0n) is 11.8. The van der Waals surface area contributed by atoms with Crippen LogP contribution in [0, 0.1) is 5.41 Å². The van der Waals surface area contributed by atoms with Gasteiger partial charge in [-0.15, -0.1) is 0 Å². The smallest absolute Gasteiger partial charge is 0.0166 e. The predicted molar refractivity (Wildman–Crippen MR) is 74.3 cm³/mol. The van der Waals surface area contributed by atoms with Crippen molar-refractivity contribution in [2.24, 2.45) is 5.41 Å². The van der Waals surface area contributed by atoms with E-state index in [9.17, 15) is 0 Å². The Morgan fingerprint density at radius 2 is 1.76 bits per heavy atom. The lowest BCUT2D eigenvalue weighted by Gasteiger charge is -2.40. The van der Waals surface area contributed by atoms with E-state index in [1.54, 1.807) is 0 Å². The van der Waals surface area contributed by atoms with Gasteiger partial charge in [0.2, 0.25) is 0 Å². The maximum atomic E-state index is 3.60. The molecule has 2 fully saturated rings. The minimum absolute atomic E-state index is 0.660. The van der Waals surface area contributed by atoms with E-state index in [1.165, 1.54) is 71.1 Å². The van der Waals surface area contributed by atoms with Gasteiger partial charge in [-0.2, -0.15) is 0 Å². The summed E-state index contributed by atoms with van der Waals surface area (Å²) in [7, 11) is 0. The van der Waals surface area contributed by atoms with Crippen molar-refractivity contribution in [2.75, 3.05) is 26.2 Å². The summed E-state index contributed by atoms with van der Waals surface area (Å²) in [6.07, 6.45) is 10.2. The van der Waals surface area contributed by atoms with Crippen LogP contribution >= 0.6 is 0 Å². The molecule has 1 saturated heterocycles. The summed E-state index contributed by atoms with van der Waals surface area (Å²) in [6, 6.07) is 0.660. The van der Waals surface area contributed by atoms with Crippen molar-refractivity contribution >= 4 is 0 Å². The molecular weight excluding hydrogens is 208 g/mol. The molecule has 1 spiro atoms. The van der Waals surface area contributed by atoms with E-state index in [-0.39, 0.29) is 0 Å². The molecule has 0 aromatic carbocycles. The highest BCUT2D eigenvalue weighted by Gasteiger charge is 2.36. The Kier molecular flexibility index (Phi) is 4.87. The second kappa shape index (κ2) is 6.19. The van der Waals surface area contributed by atoms with Crippen molar-refractivity contribution in [2.45, 2.75) is 64.8 Å². The van der Waals surface area contributed by atoms with Gasteiger partial charge in [-0.3, -0.25) is 0 Å². The van der Waals surface area contributed by atoms with Crippen LogP contribution in [0.2, 0.25) is 0 Å². The molecule has 0 bridgehead atoms. The van der Waals surface area contributed by atoms with Crippen LogP contribution in [-0.2, 0) is 0 Å². The van der Waals surface area contributed by atoms with E-state index in [4.69, 9.17) is 0 Å². The molecule has 17 heavy (non-hydrogen) atoms. The van der Waals surface area contributed by atoms with E-state index in [1.807, 2.05) is 0 Å². The van der Waals surface area contributed by atoms with Gasteiger partial charge < -0.3 is 10.2 Å². The highest BCUT2D eigenvalue weighted by atomic mass is 15.2. The number of likely N-dealkylation sites (tertiary alicyclic amines) is 1. The van der Waals surface area contributed by atoms with E-state index in [0.717, 1.165) is 5.41 Å². The van der Waals surface area contributed by atoms with Crippen LogP contribution in [0.1, 0.15) is 58.8 Å². The number of hydrogen-bond donors (Lipinski definition) is 1. The third-order valence-corrected chi connectivity index (χ3v) is 4.86. The summed E-state index contributed by atoms with van der Waals surface area (Å²) in [5.41, 5.74) is 0.774. The van der Waals surface area contributed by atoms with Gasteiger partial charge in [-0.05, 0) is 64.1 Å². The molecule has 1 saturated carbocycles. The van der Waals surface area contributed by atoms with Crippen molar-refractivity contribution in [1.29, 1.82) is 0 Å². The molecule has 2 heteroatoms. The monoisotopic (exact) mass is 238 g/mol. The lowest BCUT2D eigenvalue weighted by Crippen LogP contribution is -2.45. The van der Waals surface area contributed by atoms with Gasteiger partial charge >= 0.3 is 0 Å². The zero-order chi connectivity index (χ0) is 12.1. The normalized spacial score (nSPS) is 26.5. The third kappa shape index (κ3) is 3.69. The van der Waals surface area contributed by atoms with Crippen LogP contribution in [0.4, 0.5) is 0 Å². The van der Waals surface area contributed by atoms with Gasteiger partial charge in [-0.25, -0.2) is 0 Å². The molecule has 2 rings (SSSR count). The van der Waals surface area contributed by atoms with Crippen LogP contribution in [0.5, 0.6) is 0 Å². The molecule has 1 aliphatic heterocycles. The summed E-state index contributed by atoms with van der Waals surface area (Å²) >= 11 is 0. The summed E-state index contributed by atoms with van der Waals surface area (Å²) in [5, 5.41) is 3.60. The number of rotatable bonds is 5. The van der Waals surface area contributed by atoms with E-state index < -0.39 is 0 Å². The Hall–Kier alpha value is -0.0800. The molecule has 0 amide bonds. The first kappa shape index (κ1) is 13.4. The summed E-state index contributed by atoms with van der Waals surface area (Å²) in [5.74, 6) is 0. The molecule has 1 atom stereocenters. The minimum atomic E-state index is 0.660. The maximum absolute atomic E-state index is 3.60. The van der Waals surface area contributed by atoms with Crippen molar-refractivity contribution in [3.63, 3.8) is 0 Å². The molecule has 2 nitrogen and oxygen atoms in total. The molecule has 0 aromatic heterocycles. The van der Waals surface area contributed by atoms with E-state index in [0.29, 0.717) is 6.04 Å². The van der Waals surface area contributed by atoms with Crippen molar-refractivity contribution < 1.29 is 0 Å². The van der Waals surface area contributed by atoms with Crippen molar-refractivity contribution in [3.8, 4) is 0 Å². The van der Waals surface area contributed by atoms with Crippen LogP contribution in [0.25, 0.3) is 0 Å². The van der Waals surface area contributed by atoms with Gasteiger partial charge in [0.05, 0.1) is 0 Å². The quantitative estimate of drug-likeness (QED) is 0.792. The fourth-order valence-electron chi connectivity index (χ4n) is 3.68. The maximum Gasteiger partial charge on any atom is 0.0166 e. The van der Waals surface area contributed by atoms with E-state index >= 15 is 0 Å². The van der Waals surface area contributed by atoms with Crippen molar-refractivity contribution in [3.05, 3.63) is 0 Å². The SMILES string of the molecule is CCCNC(C)CN1CCC2(CCCC2)CC1. The average molecular weight is 238 g/mol. The zero-order valence-corrected chi connectivity index (χ0v) is 11.8. The fraction of sp³-hybridized carbons (Fsp3) is 1.00. The summed E-state index contributed by atoms with van der Waals surface area (Å²) in [4.78, 5) is 2.68. The highest BCUT2D eigenvalue weighted by Crippen LogP contribution is 2.45. The Morgan fingerprint density at radius 3 is 2.35 bits per heavy atom. The minimum Gasteiger partial charge on any atom is -0.313 e. The first-order valence-electron chi connectivity index (χ1n) is 7.70. The molecule has 1 unspecified atom stereocenters. The average Bonchev–Trinajstić information content (AvgIpc) is 2.79. The van der Waals surface area contributed by atoms with Crippen LogP contribution < -0.4 is 5.32 Å². The molecule has 1 N–H and O–H groups in total. The molecular formula is C15H30N2. The third-order valence-electron chi connectivity index (χ3n) is 4.86. The molecule has 1 heterocycles. The van der Waals surface area contributed by atoms with E-state index in [2.05, 4.69) is 24.1 Å². The van der Waals surface area contributed by atoms with Crippen LogP contribution in [0.15, 0.2) is 0 Å². The highest BCUT2D eigenvalue weighted by molar-refractivity contribution is 4.90. The van der Waals surface area contributed by atoms with Gasteiger partial charge in [0.25, 0.3) is 0 Å². The second-order valence-corrected chi connectivity index (χ2v) is 6.36. The van der Waals surface area contributed by atoms with Crippen molar-refractivity contribution in [1.82, 2.24) is 10.2 Å². The largest absolute Gasteiger partial charge is 0.313 e. The molecule has 100 valence electrons. The first-order chi connectivity index (χ1) is 8.24. The first-order valence-corrected chi connectivity index (χ1v) is 7.70. The lowest BCUT2D eigenvalue weighted by atomic mass is 9.77.